The molecule has 0 radical (unpaired) electrons. The summed E-state index contributed by atoms with van der Waals surface area (Å²) in [6.07, 6.45) is 4.76. The molecule has 0 saturated carbocycles. The van der Waals surface area contributed by atoms with Crippen molar-refractivity contribution in [2.45, 2.75) is 19.9 Å². The summed E-state index contributed by atoms with van der Waals surface area (Å²) >= 11 is 0. The van der Waals surface area contributed by atoms with E-state index in [4.69, 9.17) is 4.74 Å². The summed E-state index contributed by atoms with van der Waals surface area (Å²) in [7, 11) is 2.20. The van der Waals surface area contributed by atoms with Crippen LogP contribution in [-0.2, 0) is 0 Å². The summed E-state index contributed by atoms with van der Waals surface area (Å²) < 4.78 is 6.94. The monoisotopic (exact) mass is 619 g/mol. The predicted molar refractivity (Wildman–Crippen MR) is 200 cm³/mol. The smallest absolute Gasteiger partial charge is 0.142 e. The minimum Gasteiger partial charge on any atom is -0.460 e. The number of hydrogen-bond donors (Lipinski definition) is 0. The minimum atomic E-state index is 0.0956. The van der Waals surface area contributed by atoms with E-state index in [1.165, 1.54) is 50.2 Å². The third-order valence-electron chi connectivity index (χ3n) is 9.75. The quantitative estimate of drug-likeness (QED) is 0.190. The summed E-state index contributed by atoms with van der Waals surface area (Å²) in [6, 6.07) is 54.0. The lowest BCUT2D eigenvalue weighted by molar-refractivity contribution is 0.413. The van der Waals surface area contributed by atoms with Crippen LogP contribution in [0.5, 0.6) is 5.75 Å². The van der Waals surface area contributed by atoms with Crippen LogP contribution in [0.1, 0.15) is 46.3 Å². The summed E-state index contributed by atoms with van der Waals surface area (Å²) in [5.41, 5.74) is 15.3. The minimum absolute atomic E-state index is 0.0956. The van der Waals surface area contributed by atoms with Gasteiger partial charge in [0.05, 0.1) is 6.04 Å². The lowest BCUT2D eigenvalue weighted by atomic mass is 9.84. The Kier molecular flexibility index (Phi) is 7.62. The van der Waals surface area contributed by atoms with Crippen LogP contribution in [0.15, 0.2) is 170 Å². The van der Waals surface area contributed by atoms with Crippen molar-refractivity contribution in [1.29, 1.82) is 0 Å². The number of rotatable bonds is 5. The normalized spacial score (nSPS) is 15.5. The molecule has 1 unspecified atom stereocenters. The Morgan fingerprint density at radius 2 is 1.04 bits per heavy atom. The van der Waals surface area contributed by atoms with Crippen molar-refractivity contribution in [2.24, 2.45) is 0 Å². The number of benzene rings is 6. The summed E-state index contributed by atoms with van der Waals surface area (Å²) in [6.45, 7) is 4.37. The van der Waals surface area contributed by atoms with E-state index < -0.39 is 0 Å². The van der Waals surface area contributed by atoms with Gasteiger partial charge in [0.2, 0.25) is 0 Å². The Balaban J connectivity index is 1.30. The van der Waals surface area contributed by atoms with Crippen molar-refractivity contribution in [1.82, 2.24) is 4.90 Å². The van der Waals surface area contributed by atoms with E-state index in [1.807, 2.05) is 0 Å². The second kappa shape index (κ2) is 12.4. The third-order valence-corrected chi connectivity index (χ3v) is 9.75. The highest BCUT2D eigenvalue weighted by Gasteiger charge is 2.28. The Bertz CT molecular complexity index is 2230. The van der Waals surface area contributed by atoms with E-state index in [9.17, 15) is 0 Å². The van der Waals surface area contributed by atoms with Gasteiger partial charge in [-0.1, -0.05) is 152 Å². The first-order valence-corrected chi connectivity index (χ1v) is 16.6. The maximum absolute atomic E-state index is 6.94. The lowest BCUT2D eigenvalue weighted by Gasteiger charge is -2.35. The van der Waals surface area contributed by atoms with Crippen molar-refractivity contribution in [3.05, 3.63) is 203 Å². The van der Waals surface area contributed by atoms with Crippen LogP contribution in [0, 0.1) is 6.92 Å². The molecule has 0 aromatic heterocycles. The molecule has 0 saturated heterocycles. The number of nitrogens with zero attached hydrogens (tertiary/aromatic N) is 1. The standard InChI is InChI=1S/C46H37NO/c1-31-37(36-29-43(34-19-9-5-10-20-34)47(3)44(30-36)35-21-11-6-12-22-35)25-15-26-38(31)45-32(2)48-46-39(33-17-7-4-8-18-33)27-16-28-42(46)40-23-13-14-24-41(40)45/h4-30,43H,1-3H3. The van der Waals surface area contributed by atoms with Crippen molar-refractivity contribution >= 4 is 16.8 Å². The number of hydrogen-bond acceptors (Lipinski definition) is 2. The predicted octanol–water partition coefficient (Wildman–Crippen LogP) is 11.6. The molecule has 2 aliphatic heterocycles. The van der Waals surface area contributed by atoms with Crippen molar-refractivity contribution < 1.29 is 4.74 Å². The van der Waals surface area contributed by atoms with Crippen LogP contribution in [0.25, 0.3) is 39.1 Å². The fourth-order valence-electron chi connectivity index (χ4n) is 7.35. The first-order chi connectivity index (χ1) is 23.6. The summed E-state index contributed by atoms with van der Waals surface area (Å²) in [4.78, 5) is 2.39. The van der Waals surface area contributed by atoms with E-state index in [0.717, 1.165) is 33.8 Å². The highest BCUT2D eigenvalue weighted by atomic mass is 16.5. The fraction of sp³-hybridized carbons (Fsp3) is 0.0870. The van der Waals surface area contributed by atoms with E-state index >= 15 is 0 Å². The molecule has 48 heavy (non-hydrogen) atoms. The van der Waals surface area contributed by atoms with E-state index in [-0.39, 0.29) is 6.04 Å². The molecule has 232 valence electrons. The van der Waals surface area contributed by atoms with Gasteiger partial charge < -0.3 is 9.64 Å². The molecule has 0 N–H and O–H groups in total. The van der Waals surface area contributed by atoms with Gasteiger partial charge in [0.15, 0.2) is 0 Å². The van der Waals surface area contributed by atoms with Gasteiger partial charge in [-0.3, -0.25) is 0 Å². The molecule has 0 amide bonds. The Morgan fingerprint density at radius 1 is 0.500 bits per heavy atom. The molecule has 6 aromatic rings. The van der Waals surface area contributed by atoms with Gasteiger partial charge in [-0.05, 0) is 76.1 Å². The molecule has 0 aliphatic carbocycles. The molecule has 8 rings (SSSR count). The molecule has 0 fully saturated rings. The van der Waals surface area contributed by atoms with Crippen LogP contribution in [-0.4, -0.2) is 11.9 Å². The number of para-hydroxylation sites is 1. The molecule has 6 aromatic carbocycles. The molecule has 2 nitrogen and oxygen atoms in total. The van der Waals surface area contributed by atoms with E-state index in [0.29, 0.717) is 0 Å². The van der Waals surface area contributed by atoms with Crippen LogP contribution in [0.3, 0.4) is 0 Å². The van der Waals surface area contributed by atoms with Crippen LogP contribution >= 0.6 is 0 Å². The van der Waals surface area contributed by atoms with Crippen molar-refractivity contribution in [3.8, 4) is 28.0 Å². The van der Waals surface area contributed by atoms with Gasteiger partial charge in [-0.15, -0.1) is 0 Å². The van der Waals surface area contributed by atoms with Gasteiger partial charge >= 0.3 is 0 Å². The Hall–Kier alpha value is -5.86. The zero-order chi connectivity index (χ0) is 32.6. The zero-order valence-electron chi connectivity index (χ0n) is 27.5. The maximum Gasteiger partial charge on any atom is 0.142 e. The van der Waals surface area contributed by atoms with Gasteiger partial charge in [0, 0.05) is 29.4 Å². The average Bonchev–Trinajstić information content (AvgIpc) is 3.26. The molecule has 2 heteroatoms. The first kappa shape index (κ1) is 29.5. The number of likely N-dealkylation sites (N-methyl/N-ethyl adjacent to an activating group) is 1. The molecular formula is C46H37NO. The van der Waals surface area contributed by atoms with Crippen LogP contribution in [0.4, 0.5) is 0 Å². The zero-order valence-corrected chi connectivity index (χ0v) is 27.5. The largest absolute Gasteiger partial charge is 0.460 e. The van der Waals surface area contributed by atoms with Gasteiger partial charge in [0.25, 0.3) is 0 Å². The molecule has 0 bridgehead atoms. The molecule has 1 atom stereocenters. The van der Waals surface area contributed by atoms with E-state index in [1.54, 1.807) is 0 Å². The molecule has 2 heterocycles. The highest BCUT2D eigenvalue weighted by molar-refractivity contribution is 5.97. The second-order valence-corrected chi connectivity index (χ2v) is 12.6. The molecule has 0 spiro atoms. The van der Waals surface area contributed by atoms with Gasteiger partial charge in [-0.25, -0.2) is 0 Å². The topological polar surface area (TPSA) is 12.5 Å². The first-order valence-electron chi connectivity index (χ1n) is 16.6. The number of allylic oxidation sites excluding steroid dienone is 3. The number of fused-ring (bicyclic) bond motifs is 3. The second-order valence-electron chi connectivity index (χ2n) is 12.6. The Morgan fingerprint density at radius 3 is 1.75 bits per heavy atom. The van der Waals surface area contributed by atoms with Gasteiger partial charge in [0.1, 0.15) is 11.5 Å². The average molecular weight is 620 g/mol. The summed E-state index contributed by atoms with van der Waals surface area (Å²) in [5, 5.41) is 0. The lowest BCUT2D eigenvalue weighted by Crippen LogP contribution is -2.25. The SMILES string of the molecule is CC1=C(c2cccc(C3=CC(c4ccccc4)N(C)C(c4ccccc4)=C3)c2C)c2ccccc2-c2cccc(-c3ccccc3)c2O1. The van der Waals surface area contributed by atoms with E-state index in [2.05, 4.69) is 190 Å². The van der Waals surface area contributed by atoms with Crippen molar-refractivity contribution in [3.63, 3.8) is 0 Å². The summed E-state index contributed by atoms with van der Waals surface area (Å²) in [5.74, 6) is 1.79. The maximum atomic E-state index is 6.94. The molecule has 2 aliphatic rings. The van der Waals surface area contributed by atoms with Crippen LogP contribution < -0.4 is 4.74 Å². The Labute approximate surface area is 283 Å². The molecular weight excluding hydrogens is 583 g/mol. The highest BCUT2D eigenvalue weighted by Crippen LogP contribution is 2.48. The third kappa shape index (κ3) is 5.16. The van der Waals surface area contributed by atoms with Crippen molar-refractivity contribution in [2.75, 3.05) is 7.05 Å². The van der Waals surface area contributed by atoms with Crippen LogP contribution in [0.2, 0.25) is 0 Å². The fourth-order valence-corrected chi connectivity index (χ4v) is 7.35. The number of ether oxygens (including phenoxy) is 1. The van der Waals surface area contributed by atoms with Gasteiger partial charge in [-0.2, -0.15) is 0 Å².